The Labute approximate surface area is 831 Å². The van der Waals surface area contributed by atoms with Gasteiger partial charge in [-0.15, -0.1) is 0 Å². The predicted molar refractivity (Wildman–Crippen MR) is 497 cm³/mol. The first-order valence-corrected chi connectivity index (χ1v) is 51.8. The van der Waals surface area contributed by atoms with Crippen LogP contribution in [0.1, 0.15) is 260 Å². The fourth-order valence-electron chi connectivity index (χ4n) is 19.5. The lowest BCUT2D eigenvalue weighted by Gasteiger charge is -2.52. The standard InChI is InChI=1S/C96H172N4O42/c1-7-9-11-13-15-17-19-21-22-23-24-25-26-27-28-30-32-34-36-38-40-42-64(112)100-55(56(111)41-39-37-35-33-31-29-20-18-16-14-12-10-8-2)50-127-92-78(123)76(121)83(62(48-106)135-92)137-95-79(124)86(70(115)58(44-102)131-95)141-90-66(98-53(5)109)74(119)82(61(47-105)133-90)136-94-80(125)88(72(117)59(45-103)130-94)142-91-67(99-54(6)110)85(139-93-77(122)75(120)68(113)51(3)128-93)84(63(49-107)134-91)138-96-81(126)87(71(116)60(46-104)132-96)140-89-65(97-52(4)108)73(118)69(114)57(43-101)129-89/h39,41,51,55-63,65-96,101-107,111,113-126H,7-38,40,42-50H2,1-6H3,(H,97,108)(H,98,109)(H,99,110)(H,100,112)/b41-39+/t51?,55-,56+,57?,58?,59?,60?,61?,62?,63?,65?,66?,67?,68+,69+,70-,71-,72-,73+,74+,75?,76+,77-,78?,79?,80?,81?,82+,83+,84+,85+,86-,87-,88-,89-,90-,91-,92+,93+,94-,95-,96-/m0/s1. The zero-order valence-electron chi connectivity index (χ0n) is 83.1. The third kappa shape index (κ3) is 36.4. The van der Waals surface area contributed by atoms with Crippen LogP contribution in [-0.4, -0.2) is 446 Å². The van der Waals surface area contributed by atoms with Crippen molar-refractivity contribution in [1.29, 1.82) is 0 Å². The number of allylic oxidation sites excluding steroid dienone is 1. The van der Waals surface area contributed by atoms with Crippen molar-refractivity contribution in [2.75, 3.05) is 52.9 Å². The predicted octanol–water partition coefficient (Wildman–Crippen LogP) is -3.26. The number of hydrogen-bond acceptors (Lipinski definition) is 42. The first kappa shape index (κ1) is 123. The minimum Gasteiger partial charge on any atom is -0.394 e. The summed E-state index contributed by atoms with van der Waals surface area (Å²) in [4.78, 5) is 52.8. The number of rotatable bonds is 64. The van der Waals surface area contributed by atoms with Crippen LogP contribution in [0, 0.1) is 0 Å². The summed E-state index contributed by atoms with van der Waals surface area (Å²) in [6, 6.07) is -6.71. The Morgan fingerprint density at radius 3 is 0.979 bits per heavy atom. The lowest BCUT2D eigenvalue weighted by Crippen LogP contribution is -2.72. The van der Waals surface area contributed by atoms with Crippen molar-refractivity contribution in [2.24, 2.45) is 0 Å². The first-order valence-electron chi connectivity index (χ1n) is 51.8. The van der Waals surface area contributed by atoms with Crippen LogP contribution >= 0.6 is 0 Å². The molecule has 16 unspecified atom stereocenters. The van der Waals surface area contributed by atoms with Crippen LogP contribution in [-0.2, 0) is 95.0 Å². The highest BCUT2D eigenvalue weighted by molar-refractivity contribution is 5.76. The quantitative estimate of drug-likeness (QED) is 0.0210. The molecule has 8 rings (SSSR count). The van der Waals surface area contributed by atoms with E-state index in [9.17, 15) is 132 Å². The minimum absolute atomic E-state index is 0.151. The molecule has 8 aliphatic rings. The summed E-state index contributed by atoms with van der Waals surface area (Å²) in [5.74, 6) is -3.06. The third-order valence-electron chi connectivity index (χ3n) is 27.8. The number of carbonyl (C=O) groups excluding carboxylic acids is 4. The molecule has 42 atom stereocenters. The normalized spacial score (nSPS) is 38.4. The lowest BCUT2D eigenvalue weighted by atomic mass is 9.93. The SMILES string of the molecule is CCCCCCCCCCCCC/C=C/[C@@H](O)[C@H](CO[C@@H]1OC(CO)[C@@H](O[C@@H]2OC(CO)[C@H](O)[C@H](O[C@@H]3OC(CO)[C@@H](O[C@@H]4OC(CO)[C@H](O)[C@H](O[C@@H]5OC(CO)[C@@H](O[C@@H]6OC(CO)[C@H](O)[C@H](O[C@@H]7OC(CO)[C@@H](O)[C@H](O)C7NC(C)=O)C6O)[C@H](O[C@H]6OC(C)[C@@H](O)C(O)[C@@H]6O)C5NC(C)=O)C4O)[C@H](O)C3NC(C)=O)C2O)[C@H](O)C1O)NC(=O)CCCCCCCCCCCCCCCCCCCCCCC. The molecule has 8 fully saturated rings. The highest BCUT2D eigenvalue weighted by Gasteiger charge is 2.61. The van der Waals surface area contributed by atoms with Gasteiger partial charge < -0.3 is 209 Å². The van der Waals surface area contributed by atoms with Crippen LogP contribution in [0.5, 0.6) is 0 Å². The van der Waals surface area contributed by atoms with Gasteiger partial charge in [0, 0.05) is 27.2 Å². The van der Waals surface area contributed by atoms with Gasteiger partial charge in [0.1, 0.15) is 189 Å². The van der Waals surface area contributed by atoms with E-state index in [1.807, 2.05) is 6.08 Å². The number of hydrogen-bond donors (Lipinski definition) is 26. The molecule has 8 saturated heterocycles. The monoisotopic (exact) mass is 2050 g/mol. The average Bonchev–Trinajstić information content (AvgIpc) is 0.755. The third-order valence-corrected chi connectivity index (χ3v) is 27.8. The molecule has 0 aliphatic carbocycles. The zero-order valence-corrected chi connectivity index (χ0v) is 83.1. The van der Waals surface area contributed by atoms with Gasteiger partial charge >= 0.3 is 0 Å². The molecule has 46 heteroatoms. The topological polar surface area (TPSA) is 709 Å². The second kappa shape index (κ2) is 64.7. The summed E-state index contributed by atoms with van der Waals surface area (Å²) in [7, 11) is 0. The van der Waals surface area contributed by atoms with Gasteiger partial charge in [-0.1, -0.05) is 219 Å². The molecular weight excluding hydrogens is 1880 g/mol. The number of carbonyl (C=O) groups is 4. The average molecular weight is 2050 g/mol. The second-order valence-corrected chi connectivity index (χ2v) is 39.1. The maximum Gasteiger partial charge on any atom is 0.220 e. The molecule has 828 valence electrons. The van der Waals surface area contributed by atoms with E-state index in [0.29, 0.717) is 12.8 Å². The van der Waals surface area contributed by atoms with E-state index in [1.165, 1.54) is 155 Å². The molecule has 0 aromatic carbocycles. The second-order valence-electron chi connectivity index (χ2n) is 39.1. The summed E-state index contributed by atoms with van der Waals surface area (Å²) < 4.78 is 96.8. The van der Waals surface area contributed by atoms with Crippen LogP contribution in [0.25, 0.3) is 0 Å². The van der Waals surface area contributed by atoms with Crippen molar-refractivity contribution < 1.29 is 207 Å². The molecule has 8 heterocycles. The summed E-state index contributed by atoms with van der Waals surface area (Å²) in [6.07, 6.45) is -33.4. The Balaban J connectivity index is 0.927. The Kier molecular flexibility index (Phi) is 56.2. The van der Waals surface area contributed by atoms with Crippen LogP contribution in [0.3, 0.4) is 0 Å². The molecule has 26 N–H and O–H groups in total. The van der Waals surface area contributed by atoms with Gasteiger partial charge in [-0.05, 0) is 26.2 Å². The fourth-order valence-corrected chi connectivity index (χ4v) is 19.5. The minimum atomic E-state index is -2.41. The van der Waals surface area contributed by atoms with Gasteiger partial charge in [-0.2, -0.15) is 0 Å². The van der Waals surface area contributed by atoms with E-state index in [1.54, 1.807) is 6.08 Å². The first-order chi connectivity index (χ1) is 68.1. The number of nitrogens with one attached hydrogen (secondary N) is 4. The van der Waals surface area contributed by atoms with Crippen LogP contribution in [0.4, 0.5) is 0 Å². The van der Waals surface area contributed by atoms with Crippen molar-refractivity contribution in [3.05, 3.63) is 12.2 Å². The van der Waals surface area contributed by atoms with Crippen LogP contribution in [0.15, 0.2) is 12.2 Å². The Bertz CT molecular complexity index is 3500. The summed E-state index contributed by atoms with van der Waals surface area (Å²) >= 11 is 0. The summed E-state index contributed by atoms with van der Waals surface area (Å²) in [5.41, 5.74) is 0. The molecule has 8 aliphatic heterocycles. The molecule has 46 nitrogen and oxygen atoms in total. The van der Waals surface area contributed by atoms with Gasteiger partial charge in [0.05, 0.1) is 71.1 Å². The largest absolute Gasteiger partial charge is 0.394 e. The van der Waals surface area contributed by atoms with E-state index in [2.05, 4.69) is 35.1 Å². The Morgan fingerprint density at radius 2 is 0.585 bits per heavy atom. The number of ether oxygens (including phenoxy) is 16. The van der Waals surface area contributed by atoms with E-state index in [0.717, 1.165) is 72.1 Å². The molecular formula is C96H172N4O42. The number of amides is 4. The van der Waals surface area contributed by atoms with E-state index in [-0.39, 0.29) is 12.3 Å². The van der Waals surface area contributed by atoms with Gasteiger partial charge in [0.25, 0.3) is 0 Å². The number of aliphatic hydroxyl groups is 22. The molecule has 4 amide bonds. The van der Waals surface area contributed by atoms with Crippen molar-refractivity contribution >= 4 is 23.6 Å². The molecule has 0 bridgehead atoms. The molecule has 142 heavy (non-hydrogen) atoms. The summed E-state index contributed by atoms with van der Waals surface area (Å²) in [6.45, 7) is 0.607. The molecule has 0 spiro atoms. The van der Waals surface area contributed by atoms with Crippen molar-refractivity contribution in [2.45, 2.75) is 517 Å². The Hall–Kier alpha value is -3.90. The van der Waals surface area contributed by atoms with Gasteiger partial charge in [-0.3, -0.25) is 19.2 Å². The number of unbranched alkanes of at least 4 members (excludes halogenated alkanes) is 31. The molecule has 0 aromatic rings. The summed E-state index contributed by atoms with van der Waals surface area (Å²) in [5, 5.41) is 261. The Morgan fingerprint density at radius 1 is 0.289 bits per heavy atom. The molecule has 0 saturated carbocycles. The number of aliphatic hydroxyl groups excluding tert-OH is 22. The van der Waals surface area contributed by atoms with Crippen molar-refractivity contribution in [3.63, 3.8) is 0 Å². The lowest BCUT2D eigenvalue weighted by molar-refractivity contribution is -0.396. The van der Waals surface area contributed by atoms with E-state index >= 15 is 0 Å². The van der Waals surface area contributed by atoms with E-state index < -0.39 is 328 Å². The fraction of sp³-hybridized carbons (Fsp3) is 0.938. The smallest absolute Gasteiger partial charge is 0.220 e. The molecule has 0 aromatic heterocycles. The zero-order chi connectivity index (χ0) is 104. The van der Waals surface area contributed by atoms with Crippen LogP contribution in [0.2, 0.25) is 0 Å². The van der Waals surface area contributed by atoms with Gasteiger partial charge in [-0.25, -0.2) is 0 Å². The maximum atomic E-state index is 13.7. The highest BCUT2D eigenvalue weighted by atomic mass is 16.8. The van der Waals surface area contributed by atoms with Crippen molar-refractivity contribution in [3.8, 4) is 0 Å². The van der Waals surface area contributed by atoms with Crippen molar-refractivity contribution in [1.82, 2.24) is 21.3 Å². The highest BCUT2D eigenvalue weighted by Crippen LogP contribution is 2.41. The van der Waals surface area contributed by atoms with E-state index in [4.69, 9.17) is 75.8 Å². The van der Waals surface area contributed by atoms with Gasteiger partial charge in [0.15, 0.2) is 50.3 Å². The maximum absolute atomic E-state index is 13.7. The van der Waals surface area contributed by atoms with Crippen LogP contribution < -0.4 is 21.3 Å². The van der Waals surface area contributed by atoms with Gasteiger partial charge in [0.2, 0.25) is 23.6 Å². The molecule has 0 radical (unpaired) electrons.